The Morgan fingerprint density at radius 3 is 2.60 bits per heavy atom. The van der Waals surface area contributed by atoms with Crippen LogP contribution in [-0.2, 0) is 6.61 Å². The quantitative estimate of drug-likeness (QED) is 0.615. The molecule has 0 bridgehead atoms. The summed E-state index contributed by atoms with van der Waals surface area (Å²) in [6, 6.07) is 17.5. The van der Waals surface area contributed by atoms with Crippen LogP contribution >= 0.6 is 0 Å². The molecule has 25 heavy (non-hydrogen) atoms. The monoisotopic (exact) mass is 333 g/mol. The van der Waals surface area contributed by atoms with Gasteiger partial charge >= 0.3 is 0 Å². The van der Waals surface area contributed by atoms with Crippen molar-refractivity contribution < 1.29 is 10.2 Å². The van der Waals surface area contributed by atoms with Crippen LogP contribution in [0.3, 0.4) is 0 Å². The van der Waals surface area contributed by atoms with Crippen molar-refractivity contribution in [3.05, 3.63) is 77.6 Å². The summed E-state index contributed by atoms with van der Waals surface area (Å²) in [5, 5.41) is 22.9. The third-order valence-electron chi connectivity index (χ3n) is 3.78. The number of aliphatic hydroxyl groups is 1. The van der Waals surface area contributed by atoms with Crippen molar-refractivity contribution >= 4 is 23.3 Å². The van der Waals surface area contributed by atoms with Crippen molar-refractivity contribution in [2.75, 3.05) is 5.32 Å². The van der Waals surface area contributed by atoms with Crippen LogP contribution in [0.5, 0.6) is 5.75 Å². The van der Waals surface area contributed by atoms with E-state index in [4.69, 9.17) is 0 Å². The van der Waals surface area contributed by atoms with E-state index in [0.717, 1.165) is 17.1 Å². The van der Waals surface area contributed by atoms with Crippen LogP contribution in [-0.4, -0.2) is 21.4 Å². The van der Waals surface area contributed by atoms with E-state index < -0.39 is 0 Å². The maximum Gasteiger partial charge on any atom is 0.145 e. The highest BCUT2D eigenvalue weighted by atomic mass is 16.3. The Hall–Kier alpha value is -3.18. The molecule has 2 aromatic carbocycles. The highest BCUT2D eigenvalue weighted by molar-refractivity contribution is 5.87. The van der Waals surface area contributed by atoms with Gasteiger partial charge in [-0.3, -0.25) is 9.98 Å². The van der Waals surface area contributed by atoms with Gasteiger partial charge in [-0.15, -0.1) is 0 Å². The Labute approximate surface area is 146 Å². The van der Waals surface area contributed by atoms with Gasteiger partial charge in [-0.05, 0) is 37.3 Å². The molecule has 0 fully saturated rings. The molecule has 3 aromatic rings. The average molecular weight is 333 g/mol. The number of hydrogen-bond acceptors (Lipinski definition) is 5. The number of aryl methyl sites for hydroxylation is 1. The lowest BCUT2D eigenvalue weighted by Crippen LogP contribution is -1.97. The van der Waals surface area contributed by atoms with E-state index in [2.05, 4.69) is 15.3 Å². The number of rotatable bonds is 5. The lowest BCUT2D eigenvalue weighted by atomic mass is 10.1. The van der Waals surface area contributed by atoms with Crippen molar-refractivity contribution in [3.8, 4) is 5.75 Å². The molecule has 0 saturated heterocycles. The van der Waals surface area contributed by atoms with Gasteiger partial charge in [0.05, 0.1) is 18.0 Å². The van der Waals surface area contributed by atoms with Crippen molar-refractivity contribution in [1.82, 2.24) is 4.98 Å². The lowest BCUT2D eigenvalue weighted by molar-refractivity contribution is 0.280. The van der Waals surface area contributed by atoms with Gasteiger partial charge < -0.3 is 15.5 Å². The Kier molecular flexibility index (Phi) is 5.06. The summed E-state index contributed by atoms with van der Waals surface area (Å²) in [6.07, 6.45) is 3.10. The van der Waals surface area contributed by atoms with Gasteiger partial charge in [-0.25, -0.2) is 0 Å². The fraction of sp³-hybridized carbons (Fsp3) is 0.100. The second kappa shape index (κ2) is 7.59. The Morgan fingerprint density at radius 1 is 1.08 bits per heavy atom. The molecule has 0 aliphatic carbocycles. The number of pyridine rings is 1. The maximum absolute atomic E-state index is 10.2. The predicted molar refractivity (Wildman–Crippen MR) is 100.0 cm³/mol. The summed E-state index contributed by atoms with van der Waals surface area (Å²) in [7, 11) is 0. The van der Waals surface area contributed by atoms with Crippen molar-refractivity contribution in [2.24, 2.45) is 4.99 Å². The minimum Gasteiger partial charge on any atom is -0.505 e. The fourth-order valence-electron chi connectivity index (χ4n) is 2.41. The molecule has 3 N–H and O–H groups in total. The zero-order valence-electron chi connectivity index (χ0n) is 13.8. The fourth-order valence-corrected chi connectivity index (χ4v) is 2.41. The molecule has 5 nitrogen and oxygen atoms in total. The minimum absolute atomic E-state index is 0.0360. The molecule has 3 rings (SSSR count). The van der Waals surface area contributed by atoms with Gasteiger partial charge in [0.2, 0.25) is 0 Å². The van der Waals surface area contributed by atoms with Crippen LogP contribution in [0.25, 0.3) is 0 Å². The number of aromatic hydroxyl groups is 1. The van der Waals surface area contributed by atoms with Crippen LogP contribution in [0.2, 0.25) is 0 Å². The molecule has 126 valence electrons. The molecular weight excluding hydrogens is 314 g/mol. The van der Waals surface area contributed by atoms with E-state index in [1.165, 1.54) is 0 Å². The van der Waals surface area contributed by atoms with Gasteiger partial charge in [-0.1, -0.05) is 24.3 Å². The van der Waals surface area contributed by atoms with E-state index in [1.807, 2.05) is 54.6 Å². The van der Waals surface area contributed by atoms with Gasteiger partial charge in [-0.2, -0.15) is 0 Å². The van der Waals surface area contributed by atoms with E-state index in [-0.39, 0.29) is 12.4 Å². The van der Waals surface area contributed by atoms with Gasteiger partial charge in [0.25, 0.3) is 0 Å². The lowest BCUT2D eigenvalue weighted by Gasteiger charge is -2.08. The first-order chi connectivity index (χ1) is 12.2. The molecule has 0 amide bonds. The second-order valence-corrected chi connectivity index (χ2v) is 5.59. The SMILES string of the molecule is Cc1ncc(CO)c(C=Nc2cccc(Nc3ccccc3)c2)c1O. The van der Waals surface area contributed by atoms with Crippen LogP contribution in [0, 0.1) is 6.92 Å². The number of nitrogens with zero attached hydrogens (tertiary/aromatic N) is 2. The van der Waals surface area contributed by atoms with E-state index in [9.17, 15) is 10.2 Å². The number of nitrogens with one attached hydrogen (secondary N) is 1. The predicted octanol–water partition coefficient (Wildman–Crippen LogP) is 4.08. The summed E-state index contributed by atoms with van der Waals surface area (Å²) in [6.45, 7) is 1.50. The molecule has 1 heterocycles. The zero-order valence-corrected chi connectivity index (χ0v) is 13.8. The third-order valence-corrected chi connectivity index (χ3v) is 3.78. The Balaban J connectivity index is 1.85. The molecule has 0 unspecified atom stereocenters. The van der Waals surface area contributed by atoms with Gasteiger partial charge in [0, 0.05) is 34.9 Å². The molecule has 5 heteroatoms. The first kappa shape index (κ1) is 16.7. The number of aromatic nitrogens is 1. The molecule has 0 aliphatic heterocycles. The normalized spacial score (nSPS) is 11.0. The topological polar surface area (TPSA) is 77.7 Å². The summed E-state index contributed by atoms with van der Waals surface area (Å²) in [4.78, 5) is 8.47. The summed E-state index contributed by atoms with van der Waals surface area (Å²) in [5.41, 5.74) is 4.16. The largest absolute Gasteiger partial charge is 0.505 e. The molecule has 1 aromatic heterocycles. The number of benzene rings is 2. The van der Waals surface area contributed by atoms with Crippen molar-refractivity contribution in [3.63, 3.8) is 0 Å². The maximum atomic E-state index is 10.2. The van der Waals surface area contributed by atoms with E-state index in [0.29, 0.717) is 16.8 Å². The van der Waals surface area contributed by atoms with Crippen LogP contribution < -0.4 is 5.32 Å². The molecule has 0 radical (unpaired) electrons. The number of para-hydroxylation sites is 1. The summed E-state index contributed by atoms with van der Waals surface area (Å²) in [5.74, 6) is 0.0360. The number of anilines is 2. The average Bonchev–Trinajstić information content (AvgIpc) is 2.64. The Bertz CT molecular complexity index is 893. The van der Waals surface area contributed by atoms with Gasteiger partial charge in [0.15, 0.2) is 0 Å². The first-order valence-electron chi connectivity index (χ1n) is 7.92. The highest BCUT2D eigenvalue weighted by Crippen LogP contribution is 2.25. The third kappa shape index (κ3) is 4.02. The highest BCUT2D eigenvalue weighted by Gasteiger charge is 2.09. The van der Waals surface area contributed by atoms with Crippen LogP contribution in [0.4, 0.5) is 17.1 Å². The van der Waals surface area contributed by atoms with E-state index in [1.54, 1.807) is 19.3 Å². The molecule has 0 spiro atoms. The Morgan fingerprint density at radius 2 is 1.84 bits per heavy atom. The smallest absolute Gasteiger partial charge is 0.145 e. The molecule has 0 saturated carbocycles. The van der Waals surface area contributed by atoms with Gasteiger partial charge in [0.1, 0.15) is 5.75 Å². The molecule has 0 atom stereocenters. The molecular formula is C20H19N3O2. The minimum atomic E-state index is -0.211. The van der Waals surface area contributed by atoms with Crippen molar-refractivity contribution in [2.45, 2.75) is 13.5 Å². The first-order valence-corrected chi connectivity index (χ1v) is 7.92. The second-order valence-electron chi connectivity index (χ2n) is 5.59. The number of hydrogen-bond donors (Lipinski definition) is 3. The standard InChI is InChI=1S/C20H19N3O2/c1-14-20(25)19(15(13-24)11-21-14)12-22-17-8-5-9-18(10-17)23-16-6-3-2-4-7-16/h2-12,23-25H,13H2,1H3. The van der Waals surface area contributed by atoms with Crippen LogP contribution in [0.15, 0.2) is 65.8 Å². The van der Waals surface area contributed by atoms with Crippen LogP contribution in [0.1, 0.15) is 16.8 Å². The number of aliphatic imine (C=N–C) groups is 1. The van der Waals surface area contributed by atoms with E-state index >= 15 is 0 Å². The zero-order chi connectivity index (χ0) is 17.6. The summed E-state index contributed by atoms with van der Waals surface area (Å²) >= 11 is 0. The summed E-state index contributed by atoms with van der Waals surface area (Å²) < 4.78 is 0. The molecule has 0 aliphatic rings. The number of aliphatic hydroxyl groups excluding tert-OH is 1. The van der Waals surface area contributed by atoms with Crippen molar-refractivity contribution in [1.29, 1.82) is 0 Å².